The molecule has 0 saturated carbocycles. The number of hydrogen-bond donors (Lipinski definition) is 5. The number of nitrogens with one attached hydrogen (secondary N) is 2. The third kappa shape index (κ3) is 6.84. The summed E-state index contributed by atoms with van der Waals surface area (Å²) in [6.07, 6.45) is 0.367. The van der Waals surface area contributed by atoms with Gasteiger partial charge in [0, 0.05) is 35.9 Å². The molecule has 1 atom stereocenters. The summed E-state index contributed by atoms with van der Waals surface area (Å²) in [5.41, 5.74) is 3.61. The minimum Gasteiger partial charge on any atom is -0.481 e. The summed E-state index contributed by atoms with van der Waals surface area (Å²) in [6.45, 7) is -0.309. The Morgan fingerprint density at radius 2 is 1.75 bits per heavy atom. The lowest BCUT2D eigenvalue weighted by Gasteiger charge is -2.24. The Labute approximate surface area is 244 Å². The molecule has 0 saturated heterocycles. The van der Waals surface area contributed by atoms with Gasteiger partial charge in [-0.15, -0.1) is 0 Å². The fourth-order valence-corrected chi connectivity index (χ4v) is 4.08. The van der Waals surface area contributed by atoms with E-state index in [2.05, 4.69) is 25.3 Å². The average molecular weight is 607 g/mol. The zero-order valence-electron chi connectivity index (χ0n) is 22.2. The van der Waals surface area contributed by atoms with Crippen molar-refractivity contribution in [2.24, 2.45) is 0 Å². The molecule has 2 heterocycles. The van der Waals surface area contributed by atoms with Crippen LogP contribution >= 0.6 is 0 Å². The third-order valence-electron chi connectivity index (χ3n) is 6.15. The number of carboxylic acid groups (broad SMARTS) is 2. The largest absolute Gasteiger partial charge is 0.481 e. The first-order valence-corrected chi connectivity index (χ1v) is 12.4. The van der Waals surface area contributed by atoms with E-state index in [0.29, 0.717) is 0 Å². The minimum atomic E-state index is -1.48. The van der Waals surface area contributed by atoms with Crippen LogP contribution in [0.2, 0.25) is 0 Å². The second-order valence-corrected chi connectivity index (χ2v) is 9.10. The van der Waals surface area contributed by atoms with Crippen LogP contribution in [0, 0.1) is 20.2 Å². The molecule has 0 unspecified atom stereocenters. The highest BCUT2D eigenvalue weighted by molar-refractivity contribution is 5.97. The van der Waals surface area contributed by atoms with Crippen LogP contribution in [0.4, 0.5) is 28.7 Å². The van der Waals surface area contributed by atoms with Crippen molar-refractivity contribution in [1.82, 2.24) is 25.3 Å². The van der Waals surface area contributed by atoms with E-state index in [9.17, 15) is 44.5 Å². The minimum absolute atomic E-state index is 0.0375. The Morgan fingerprint density at radius 1 is 1.05 bits per heavy atom. The number of non-ortho nitro benzene ring substituents is 1. The van der Waals surface area contributed by atoms with Crippen LogP contribution in [0.1, 0.15) is 28.9 Å². The number of H-pyrrole nitrogens is 1. The topological polar surface area (TPSA) is 291 Å². The number of aliphatic carboxylic acids is 2. The van der Waals surface area contributed by atoms with Crippen molar-refractivity contribution in [3.05, 3.63) is 90.5 Å². The Bertz CT molecular complexity index is 1860. The molecule has 44 heavy (non-hydrogen) atoms. The summed E-state index contributed by atoms with van der Waals surface area (Å²) in [7, 11) is 0. The molecule has 0 fully saturated rings. The molecule has 2 aromatic carbocycles. The first-order chi connectivity index (χ1) is 20.8. The van der Waals surface area contributed by atoms with Crippen LogP contribution in [0.15, 0.2) is 53.5 Å². The summed E-state index contributed by atoms with van der Waals surface area (Å²) in [4.78, 5) is 85.1. The number of amides is 1. The van der Waals surface area contributed by atoms with Crippen molar-refractivity contribution in [2.75, 3.05) is 10.6 Å². The summed E-state index contributed by atoms with van der Waals surface area (Å²) < 4.78 is 0. The number of hydrogen-bond acceptors (Lipinski definition) is 13. The van der Waals surface area contributed by atoms with Gasteiger partial charge in [0.2, 0.25) is 5.95 Å². The smallest absolute Gasteiger partial charge is 0.326 e. The van der Waals surface area contributed by atoms with E-state index in [-0.39, 0.29) is 52.7 Å². The van der Waals surface area contributed by atoms with Crippen LogP contribution in [0.5, 0.6) is 0 Å². The molecular formula is C25H21N9O10. The number of nitro benzene ring substituents is 2. The molecule has 6 N–H and O–H groups in total. The van der Waals surface area contributed by atoms with Gasteiger partial charge in [0.05, 0.1) is 28.3 Å². The lowest BCUT2D eigenvalue weighted by molar-refractivity contribution is -0.388. The van der Waals surface area contributed by atoms with Gasteiger partial charge in [0.25, 0.3) is 22.8 Å². The Balaban J connectivity index is 1.76. The van der Waals surface area contributed by atoms with Gasteiger partial charge in [-0.05, 0) is 30.7 Å². The fraction of sp³-hybridized carbons (Fsp3) is 0.160. The zero-order chi connectivity index (χ0) is 32.1. The van der Waals surface area contributed by atoms with Gasteiger partial charge < -0.3 is 26.2 Å². The molecule has 19 nitrogen and oxygen atoms in total. The maximum absolute atomic E-state index is 12.7. The highest BCUT2D eigenvalue weighted by Crippen LogP contribution is 2.37. The van der Waals surface area contributed by atoms with Gasteiger partial charge in [0.1, 0.15) is 11.7 Å². The molecule has 4 rings (SSSR count). The Morgan fingerprint density at radius 3 is 2.36 bits per heavy atom. The number of nitrogens with two attached hydrogens (primary N) is 1. The zero-order valence-corrected chi connectivity index (χ0v) is 22.2. The van der Waals surface area contributed by atoms with E-state index in [4.69, 9.17) is 10.8 Å². The van der Waals surface area contributed by atoms with Crippen LogP contribution in [0.3, 0.4) is 0 Å². The second-order valence-electron chi connectivity index (χ2n) is 9.10. The van der Waals surface area contributed by atoms with Gasteiger partial charge in [-0.2, -0.15) is 4.98 Å². The quantitative estimate of drug-likeness (QED) is 0.113. The first kappa shape index (κ1) is 30.4. The summed E-state index contributed by atoms with van der Waals surface area (Å²) in [5, 5.41) is 43.8. The number of carboxylic acids is 2. The number of rotatable bonds is 12. The summed E-state index contributed by atoms with van der Waals surface area (Å²) in [6, 6.07) is 6.61. The van der Waals surface area contributed by atoms with Crippen LogP contribution in [-0.4, -0.2) is 63.9 Å². The molecule has 4 aromatic rings. The molecule has 226 valence electrons. The SMILES string of the molecule is Nc1nc2ncc(CN(c3ccc(C(=O)N[C@@H](CCC(=O)O)C(=O)O)cc3)c3cc([N+](=O)[O-])ccc3[N+](=O)[O-])nc2c(=O)[nH]1. The van der Waals surface area contributed by atoms with Crippen molar-refractivity contribution in [2.45, 2.75) is 25.4 Å². The lowest BCUT2D eigenvalue weighted by Crippen LogP contribution is -2.41. The lowest BCUT2D eigenvalue weighted by atomic mass is 10.1. The average Bonchev–Trinajstić information content (AvgIpc) is 2.97. The van der Waals surface area contributed by atoms with E-state index < -0.39 is 57.1 Å². The fourth-order valence-electron chi connectivity index (χ4n) is 4.08. The van der Waals surface area contributed by atoms with Crippen molar-refractivity contribution < 1.29 is 34.4 Å². The van der Waals surface area contributed by atoms with Crippen molar-refractivity contribution in [3.63, 3.8) is 0 Å². The monoisotopic (exact) mass is 607 g/mol. The molecule has 0 aliphatic carbocycles. The van der Waals surface area contributed by atoms with E-state index in [1.54, 1.807) is 0 Å². The van der Waals surface area contributed by atoms with Gasteiger partial charge in [0.15, 0.2) is 11.2 Å². The van der Waals surface area contributed by atoms with Crippen LogP contribution in [0.25, 0.3) is 11.2 Å². The standard InChI is InChI=1S/C25H21N9O10/c26-25-30-21-20(23(38)31-25)28-13(10-27-21)11-32(18-9-15(33(41)42)5-7-17(18)34(43)44)14-3-1-12(2-4-14)22(37)29-16(24(39)40)6-8-19(35)36/h1-5,7,9-10,16H,6,8,11H2,(H,29,37)(H,35,36)(H,39,40)(H3,26,27,30,31,38)/t16-/m0/s1. The number of aromatic nitrogens is 4. The molecule has 1 amide bonds. The molecule has 2 aromatic heterocycles. The number of anilines is 3. The Hall–Kier alpha value is -6.53. The molecule has 19 heteroatoms. The second kappa shape index (κ2) is 12.5. The summed E-state index contributed by atoms with van der Waals surface area (Å²) in [5.74, 6) is -3.72. The van der Waals surface area contributed by atoms with Crippen LogP contribution in [-0.2, 0) is 16.1 Å². The summed E-state index contributed by atoms with van der Waals surface area (Å²) >= 11 is 0. The number of nitrogens with zero attached hydrogens (tertiary/aromatic N) is 6. The van der Waals surface area contributed by atoms with E-state index >= 15 is 0 Å². The molecule has 0 aliphatic rings. The van der Waals surface area contributed by atoms with Crippen molar-refractivity contribution in [3.8, 4) is 0 Å². The van der Waals surface area contributed by atoms with Crippen molar-refractivity contribution in [1.29, 1.82) is 0 Å². The molecule has 0 bridgehead atoms. The normalized spacial score (nSPS) is 11.5. The van der Waals surface area contributed by atoms with Gasteiger partial charge in [-0.25, -0.2) is 14.8 Å². The number of fused-ring (bicyclic) bond motifs is 1. The number of carbonyl (C=O) groups excluding carboxylic acids is 1. The number of nitrogen functional groups attached to an aromatic ring is 1. The van der Waals surface area contributed by atoms with Gasteiger partial charge >= 0.3 is 11.9 Å². The highest BCUT2D eigenvalue weighted by atomic mass is 16.6. The predicted octanol–water partition coefficient (Wildman–Crippen LogP) is 1.50. The van der Waals surface area contributed by atoms with E-state index in [1.807, 2.05) is 0 Å². The maximum Gasteiger partial charge on any atom is 0.326 e. The Kier molecular flexibility index (Phi) is 8.68. The van der Waals surface area contributed by atoms with Crippen molar-refractivity contribution >= 4 is 57.7 Å². The van der Waals surface area contributed by atoms with Crippen LogP contribution < -0.4 is 21.5 Å². The van der Waals surface area contributed by atoms with E-state index in [1.165, 1.54) is 35.4 Å². The molecule has 0 spiro atoms. The number of benzene rings is 2. The highest BCUT2D eigenvalue weighted by Gasteiger charge is 2.26. The third-order valence-corrected chi connectivity index (χ3v) is 6.15. The van der Waals surface area contributed by atoms with E-state index in [0.717, 1.165) is 18.2 Å². The van der Waals surface area contributed by atoms with Gasteiger partial charge in [-0.3, -0.25) is 39.6 Å². The number of aromatic amines is 1. The molecular weight excluding hydrogens is 586 g/mol. The first-order valence-electron chi connectivity index (χ1n) is 12.4. The number of carbonyl (C=O) groups is 3. The predicted molar refractivity (Wildman–Crippen MR) is 150 cm³/mol. The maximum atomic E-state index is 12.7. The van der Waals surface area contributed by atoms with Gasteiger partial charge in [-0.1, -0.05) is 0 Å². The molecule has 0 aliphatic heterocycles. The molecule has 0 radical (unpaired) electrons. The number of nitro groups is 2.